The smallest absolute Gasteiger partial charge is 0.243 e. The topological polar surface area (TPSA) is 105 Å². The first kappa shape index (κ1) is 27.9. The summed E-state index contributed by atoms with van der Waals surface area (Å²) in [7, 11) is -0.412. The molecule has 2 fully saturated rings. The van der Waals surface area contributed by atoms with Crippen LogP contribution < -0.4 is 14.8 Å². The predicted molar refractivity (Wildman–Crippen MR) is 144 cm³/mol. The van der Waals surface area contributed by atoms with E-state index in [0.29, 0.717) is 63.4 Å². The van der Waals surface area contributed by atoms with Crippen molar-refractivity contribution < 1.29 is 27.5 Å². The van der Waals surface area contributed by atoms with E-state index in [4.69, 9.17) is 9.47 Å². The van der Waals surface area contributed by atoms with Crippen molar-refractivity contribution in [1.29, 1.82) is 0 Å². The van der Waals surface area contributed by atoms with E-state index < -0.39 is 16.1 Å². The second-order valence-electron chi connectivity index (χ2n) is 9.91. The number of benzene rings is 2. The zero-order chi connectivity index (χ0) is 27.3. The van der Waals surface area contributed by atoms with Gasteiger partial charge in [-0.3, -0.25) is 9.59 Å². The number of likely N-dealkylation sites (tertiary alicyclic amines) is 1. The van der Waals surface area contributed by atoms with Crippen LogP contribution in [0.3, 0.4) is 0 Å². The Kier molecular flexibility index (Phi) is 8.94. The van der Waals surface area contributed by atoms with Gasteiger partial charge in [-0.25, -0.2) is 8.42 Å². The van der Waals surface area contributed by atoms with Crippen LogP contribution in [-0.2, 0) is 26.0 Å². The van der Waals surface area contributed by atoms with Crippen LogP contribution in [0.5, 0.6) is 11.5 Å². The maximum Gasteiger partial charge on any atom is 0.243 e. The van der Waals surface area contributed by atoms with Crippen LogP contribution in [0.2, 0.25) is 0 Å². The Hall–Kier alpha value is -3.11. The highest BCUT2D eigenvalue weighted by Gasteiger charge is 2.39. The Morgan fingerprint density at radius 3 is 2.29 bits per heavy atom. The van der Waals surface area contributed by atoms with E-state index in [1.54, 1.807) is 43.4 Å². The van der Waals surface area contributed by atoms with E-state index in [1.807, 2.05) is 25.1 Å². The molecular weight excluding hydrogens is 506 g/mol. The molecule has 206 valence electrons. The minimum atomic E-state index is -3.58. The summed E-state index contributed by atoms with van der Waals surface area (Å²) in [5, 5.41) is 2.98. The lowest BCUT2D eigenvalue weighted by Crippen LogP contribution is -2.50. The quantitative estimate of drug-likeness (QED) is 0.522. The van der Waals surface area contributed by atoms with Crippen LogP contribution in [-0.4, -0.2) is 75.9 Å². The molecule has 4 rings (SSSR count). The van der Waals surface area contributed by atoms with Gasteiger partial charge in [0.05, 0.1) is 19.1 Å². The maximum atomic E-state index is 13.4. The molecule has 38 heavy (non-hydrogen) atoms. The molecule has 10 heteroatoms. The summed E-state index contributed by atoms with van der Waals surface area (Å²) in [6.07, 6.45) is 2.94. The predicted octanol–water partition coefficient (Wildman–Crippen LogP) is 2.76. The number of nitrogens with zero attached hydrogens (tertiary/aromatic N) is 2. The van der Waals surface area contributed by atoms with Crippen LogP contribution in [0.4, 0.5) is 0 Å². The third kappa shape index (κ3) is 6.13. The molecule has 0 saturated carbocycles. The highest BCUT2D eigenvalue weighted by molar-refractivity contribution is 7.89. The largest absolute Gasteiger partial charge is 0.493 e. The monoisotopic (exact) mass is 543 g/mol. The number of nitrogens with one attached hydrogen (secondary N) is 1. The van der Waals surface area contributed by atoms with E-state index in [1.165, 1.54) is 4.31 Å². The molecule has 0 bridgehead atoms. The van der Waals surface area contributed by atoms with Gasteiger partial charge in [0.25, 0.3) is 0 Å². The standard InChI is InChI=1S/C28H37N3O6S/c1-20-6-9-23(10-7-20)38(34,35)30-17-13-22(14-18-30)28(33)31-16-4-5-24(31)27(32)29-15-12-21-8-11-25(36-2)26(19-21)37-3/h6-11,19,22,24H,4-5,12-18H2,1-3H3,(H,29,32). The van der Waals surface area contributed by atoms with Crippen molar-refractivity contribution in [3.63, 3.8) is 0 Å². The number of carbonyl (C=O) groups excluding carboxylic acids is 2. The maximum absolute atomic E-state index is 13.4. The summed E-state index contributed by atoms with van der Waals surface area (Å²) >= 11 is 0. The van der Waals surface area contributed by atoms with Gasteiger partial charge in [0, 0.05) is 32.1 Å². The van der Waals surface area contributed by atoms with Crippen molar-refractivity contribution >= 4 is 21.8 Å². The fourth-order valence-electron chi connectivity index (χ4n) is 5.22. The Morgan fingerprint density at radius 2 is 1.63 bits per heavy atom. The number of hydrogen-bond acceptors (Lipinski definition) is 6. The lowest BCUT2D eigenvalue weighted by molar-refractivity contribution is -0.142. The molecular formula is C28H37N3O6S. The first-order chi connectivity index (χ1) is 18.2. The molecule has 0 spiro atoms. The Balaban J connectivity index is 1.29. The minimum Gasteiger partial charge on any atom is -0.493 e. The van der Waals surface area contributed by atoms with Gasteiger partial charge < -0.3 is 19.7 Å². The molecule has 2 heterocycles. The number of ether oxygens (including phenoxy) is 2. The number of piperidine rings is 1. The molecule has 9 nitrogen and oxygen atoms in total. The molecule has 2 aliphatic heterocycles. The molecule has 2 aromatic rings. The normalized spacial score (nSPS) is 18.8. The van der Waals surface area contributed by atoms with Crippen LogP contribution >= 0.6 is 0 Å². The van der Waals surface area contributed by atoms with E-state index in [0.717, 1.165) is 17.5 Å². The van der Waals surface area contributed by atoms with Crippen molar-refractivity contribution in [1.82, 2.24) is 14.5 Å². The summed E-state index contributed by atoms with van der Waals surface area (Å²) in [6.45, 7) is 3.50. The van der Waals surface area contributed by atoms with Crippen LogP contribution in [0, 0.1) is 12.8 Å². The molecule has 2 saturated heterocycles. The number of sulfonamides is 1. The highest BCUT2D eigenvalue weighted by atomic mass is 32.2. The molecule has 0 aromatic heterocycles. The van der Waals surface area contributed by atoms with Crippen molar-refractivity contribution in [3.05, 3.63) is 53.6 Å². The van der Waals surface area contributed by atoms with Crippen LogP contribution in [0.25, 0.3) is 0 Å². The van der Waals surface area contributed by atoms with E-state index in [9.17, 15) is 18.0 Å². The fraction of sp³-hybridized carbons (Fsp3) is 0.500. The third-order valence-electron chi connectivity index (χ3n) is 7.46. The van der Waals surface area contributed by atoms with Gasteiger partial charge >= 0.3 is 0 Å². The molecule has 2 amide bonds. The summed E-state index contributed by atoms with van der Waals surface area (Å²) in [6, 6.07) is 12.0. The Labute approximate surface area is 225 Å². The number of aryl methyl sites for hydroxylation is 1. The molecule has 2 aromatic carbocycles. The zero-order valence-electron chi connectivity index (χ0n) is 22.3. The van der Waals surface area contributed by atoms with Gasteiger partial charge in [0.1, 0.15) is 6.04 Å². The van der Waals surface area contributed by atoms with E-state index in [2.05, 4.69) is 5.32 Å². The van der Waals surface area contributed by atoms with E-state index in [-0.39, 0.29) is 22.6 Å². The third-order valence-corrected chi connectivity index (χ3v) is 9.37. The highest BCUT2D eigenvalue weighted by Crippen LogP contribution is 2.29. The molecule has 2 aliphatic rings. The SMILES string of the molecule is COc1ccc(CCNC(=O)C2CCCN2C(=O)C2CCN(S(=O)(=O)c3ccc(C)cc3)CC2)cc1OC. The molecule has 0 radical (unpaired) electrons. The minimum absolute atomic E-state index is 0.0464. The number of carbonyl (C=O) groups is 2. The van der Waals surface area contributed by atoms with Crippen LogP contribution in [0.1, 0.15) is 36.8 Å². The average molecular weight is 544 g/mol. The summed E-state index contributed by atoms with van der Waals surface area (Å²) in [5.41, 5.74) is 2.01. The van der Waals surface area contributed by atoms with E-state index >= 15 is 0 Å². The molecule has 0 aliphatic carbocycles. The first-order valence-corrected chi connectivity index (χ1v) is 14.5. The molecule has 1 N–H and O–H groups in total. The van der Waals surface area contributed by atoms with Crippen molar-refractivity contribution in [2.45, 2.75) is 50.0 Å². The fourth-order valence-corrected chi connectivity index (χ4v) is 6.69. The lowest BCUT2D eigenvalue weighted by atomic mass is 9.96. The van der Waals surface area contributed by atoms with Crippen molar-refractivity contribution in [3.8, 4) is 11.5 Å². The summed E-state index contributed by atoms with van der Waals surface area (Å²) in [4.78, 5) is 28.3. The van der Waals surface area contributed by atoms with Crippen molar-refractivity contribution in [2.75, 3.05) is 40.4 Å². The number of methoxy groups -OCH3 is 2. The summed E-state index contributed by atoms with van der Waals surface area (Å²) < 4.78 is 38.1. The van der Waals surface area contributed by atoms with Gasteiger partial charge in [0.2, 0.25) is 21.8 Å². The Morgan fingerprint density at radius 1 is 0.947 bits per heavy atom. The zero-order valence-corrected chi connectivity index (χ0v) is 23.1. The van der Waals surface area contributed by atoms with Gasteiger partial charge in [0.15, 0.2) is 11.5 Å². The molecule has 1 unspecified atom stereocenters. The lowest BCUT2D eigenvalue weighted by Gasteiger charge is -2.34. The van der Waals surface area contributed by atoms with Crippen molar-refractivity contribution in [2.24, 2.45) is 5.92 Å². The van der Waals surface area contributed by atoms with Gasteiger partial charge in [-0.1, -0.05) is 23.8 Å². The number of rotatable bonds is 9. The van der Waals surface area contributed by atoms with Gasteiger partial charge in [-0.15, -0.1) is 0 Å². The average Bonchev–Trinajstić information content (AvgIpc) is 3.43. The molecule has 1 atom stereocenters. The number of hydrogen-bond donors (Lipinski definition) is 1. The van der Waals surface area contributed by atoms with Crippen LogP contribution in [0.15, 0.2) is 47.4 Å². The second kappa shape index (κ2) is 12.2. The first-order valence-electron chi connectivity index (χ1n) is 13.1. The summed E-state index contributed by atoms with van der Waals surface area (Å²) in [5.74, 6) is 0.825. The Bertz CT molecular complexity index is 1240. The number of amides is 2. The second-order valence-corrected chi connectivity index (χ2v) is 11.8. The van der Waals surface area contributed by atoms with Gasteiger partial charge in [-0.2, -0.15) is 4.31 Å². The van der Waals surface area contributed by atoms with Gasteiger partial charge in [-0.05, 0) is 68.9 Å².